The molecule has 0 radical (unpaired) electrons. The van der Waals surface area contributed by atoms with Gasteiger partial charge in [-0.1, -0.05) is 18.2 Å². The molecule has 1 saturated heterocycles. The molecule has 1 fully saturated rings. The molecule has 9 heteroatoms. The van der Waals surface area contributed by atoms with Crippen molar-refractivity contribution < 1.29 is 19.0 Å². The van der Waals surface area contributed by atoms with Gasteiger partial charge in [-0.25, -0.2) is 14.2 Å². The quantitative estimate of drug-likeness (QED) is 0.345. The highest BCUT2D eigenvalue weighted by atomic mass is 35.5. The van der Waals surface area contributed by atoms with Crippen LogP contribution in [0.3, 0.4) is 0 Å². The van der Waals surface area contributed by atoms with Crippen LogP contribution < -0.4 is 15.8 Å². The number of para-hydroxylation sites is 1. The van der Waals surface area contributed by atoms with E-state index >= 15 is 0 Å². The van der Waals surface area contributed by atoms with Crippen LogP contribution in [0.1, 0.15) is 12.8 Å². The highest BCUT2D eigenvalue weighted by molar-refractivity contribution is 5.92. The predicted octanol–water partition coefficient (Wildman–Crippen LogP) is 3.95. The van der Waals surface area contributed by atoms with E-state index in [0.717, 1.165) is 22.0 Å². The molecule has 0 aliphatic carbocycles. The second kappa shape index (κ2) is 10.6. The van der Waals surface area contributed by atoms with E-state index in [1.807, 2.05) is 18.2 Å². The number of nitrogens with one attached hydrogen (secondary N) is 1. The topological polar surface area (TPSA) is 98.8 Å². The number of piperidine rings is 1. The number of nitrogens with zero attached hydrogens (tertiary/aromatic N) is 2. The summed E-state index contributed by atoms with van der Waals surface area (Å²) in [6.45, 7) is 1.39. The van der Waals surface area contributed by atoms with Gasteiger partial charge < -0.3 is 24.8 Å². The van der Waals surface area contributed by atoms with Gasteiger partial charge in [0.1, 0.15) is 17.2 Å². The Bertz CT molecular complexity index is 1370. The van der Waals surface area contributed by atoms with Crippen LogP contribution in [0, 0.1) is 11.7 Å². The smallest absolute Gasteiger partial charge is 0.338 e. The molecule has 2 aromatic heterocycles. The number of aliphatic hydroxyl groups is 2. The van der Waals surface area contributed by atoms with Gasteiger partial charge >= 0.3 is 5.63 Å². The standard InChI is InChI=1S/C26H26FN3O4.ClH/c27-18-6-5-16-7-10-28-26(20(16)13-18)30-11-8-17(9-12-30)25(33)22(31)15-29-21-14-24(32)34-23-4-2-1-3-19(21)23;/h1-7,10,13-14,17,22,25,29,31,33H,8-9,11-12,15H2;1H/t22-,25+;/m0./s1. The van der Waals surface area contributed by atoms with Gasteiger partial charge in [-0.3, -0.25) is 0 Å². The average molecular weight is 500 g/mol. The van der Waals surface area contributed by atoms with Crippen molar-refractivity contribution >= 4 is 45.7 Å². The van der Waals surface area contributed by atoms with Crippen molar-refractivity contribution in [2.45, 2.75) is 25.0 Å². The third kappa shape index (κ3) is 5.24. The monoisotopic (exact) mass is 499 g/mol. The lowest BCUT2D eigenvalue weighted by molar-refractivity contribution is -0.0166. The zero-order valence-corrected chi connectivity index (χ0v) is 19.7. The molecular formula is C26H27ClFN3O4. The number of hydrogen-bond acceptors (Lipinski definition) is 7. The first-order valence-electron chi connectivity index (χ1n) is 11.4. The molecule has 35 heavy (non-hydrogen) atoms. The van der Waals surface area contributed by atoms with Crippen molar-refractivity contribution in [3.8, 4) is 0 Å². The highest BCUT2D eigenvalue weighted by Gasteiger charge is 2.30. The minimum atomic E-state index is -1.01. The Balaban J connectivity index is 0.00000289. The van der Waals surface area contributed by atoms with E-state index in [-0.39, 0.29) is 30.7 Å². The van der Waals surface area contributed by atoms with Crippen LogP contribution in [0.25, 0.3) is 21.7 Å². The summed E-state index contributed by atoms with van der Waals surface area (Å²) in [4.78, 5) is 18.4. The van der Waals surface area contributed by atoms with Gasteiger partial charge in [-0.2, -0.15) is 0 Å². The van der Waals surface area contributed by atoms with Crippen molar-refractivity contribution in [1.82, 2.24) is 4.98 Å². The van der Waals surface area contributed by atoms with E-state index in [9.17, 15) is 19.4 Å². The number of benzene rings is 2. The fraction of sp³-hybridized carbons (Fsp3) is 0.308. The van der Waals surface area contributed by atoms with Crippen molar-refractivity contribution in [2.75, 3.05) is 29.9 Å². The summed E-state index contributed by atoms with van der Waals surface area (Å²) in [7, 11) is 0. The summed E-state index contributed by atoms with van der Waals surface area (Å²) in [6, 6.07) is 15.0. The molecule has 0 amide bonds. The maximum absolute atomic E-state index is 13.8. The van der Waals surface area contributed by atoms with E-state index in [1.54, 1.807) is 24.4 Å². The van der Waals surface area contributed by atoms with Crippen LogP contribution in [0.4, 0.5) is 15.9 Å². The van der Waals surface area contributed by atoms with Gasteiger partial charge in [0.05, 0.1) is 17.9 Å². The predicted molar refractivity (Wildman–Crippen MR) is 137 cm³/mol. The van der Waals surface area contributed by atoms with E-state index in [2.05, 4.69) is 15.2 Å². The first-order chi connectivity index (χ1) is 16.5. The molecule has 7 nitrogen and oxygen atoms in total. The number of hydrogen-bond donors (Lipinski definition) is 3. The van der Waals surface area contributed by atoms with Crippen molar-refractivity contribution in [2.24, 2.45) is 5.92 Å². The first-order valence-corrected chi connectivity index (χ1v) is 11.4. The SMILES string of the molecule is Cl.O=c1cc(NC[C@H](O)[C@H](O)C2CCN(c3nccc4ccc(F)cc34)CC2)c2ccccc2o1. The molecular weight excluding hydrogens is 473 g/mol. The molecule has 4 aromatic rings. The lowest BCUT2D eigenvalue weighted by atomic mass is 9.88. The van der Waals surface area contributed by atoms with Gasteiger partial charge in [-0.15, -0.1) is 12.4 Å². The Kier molecular flexibility index (Phi) is 7.54. The van der Waals surface area contributed by atoms with E-state index in [1.165, 1.54) is 18.2 Å². The van der Waals surface area contributed by atoms with Crippen LogP contribution in [0.15, 0.2) is 70.0 Å². The van der Waals surface area contributed by atoms with Crippen molar-refractivity contribution in [1.29, 1.82) is 0 Å². The maximum atomic E-state index is 13.8. The summed E-state index contributed by atoms with van der Waals surface area (Å²) >= 11 is 0. The largest absolute Gasteiger partial charge is 0.423 e. The van der Waals surface area contributed by atoms with Crippen LogP contribution in [0.5, 0.6) is 0 Å². The molecule has 184 valence electrons. The Morgan fingerprint density at radius 3 is 2.66 bits per heavy atom. The number of anilines is 2. The molecule has 3 N–H and O–H groups in total. The van der Waals surface area contributed by atoms with Gasteiger partial charge in [-0.05, 0) is 54.5 Å². The van der Waals surface area contributed by atoms with Gasteiger partial charge in [0, 0.05) is 42.7 Å². The number of fused-ring (bicyclic) bond motifs is 2. The minimum absolute atomic E-state index is 0. The highest BCUT2D eigenvalue weighted by Crippen LogP contribution is 2.30. The molecule has 2 aromatic carbocycles. The zero-order chi connectivity index (χ0) is 23.7. The number of aromatic nitrogens is 1. The van der Waals surface area contributed by atoms with Crippen LogP contribution in [-0.4, -0.2) is 47.0 Å². The molecule has 1 aliphatic heterocycles. The summed E-state index contributed by atoms with van der Waals surface area (Å²) in [5, 5.41) is 27.0. The Labute approximate surface area is 207 Å². The minimum Gasteiger partial charge on any atom is -0.423 e. The number of aliphatic hydroxyl groups excluding tert-OH is 2. The second-order valence-corrected chi connectivity index (χ2v) is 8.74. The molecule has 0 spiro atoms. The lowest BCUT2D eigenvalue weighted by Gasteiger charge is -2.36. The zero-order valence-electron chi connectivity index (χ0n) is 18.9. The maximum Gasteiger partial charge on any atom is 0.338 e. The molecule has 0 unspecified atom stereocenters. The van der Waals surface area contributed by atoms with Crippen LogP contribution >= 0.6 is 12.4 Å². The number of rotatable bonds is 6. The van der Waals surface area contributed by atoms with E-state index < -0.39 is 17.8 Å². The third-order valence-electron chi connectivity index (χ3n) is 6.58. The van der Waals surface area contributed by atoms with Crippen molar-refractivity contribution in [3.05, 3.63) is 77.0 Å². The first kappa shape index (κ1) is 24.9. The van der Waals surface area contributed by atoms with Gasteiger partial charge in [0.15, 0.2) is 0 Å². The molecule has 3 heterocycles. The fourth-order valence-corrected chi connectivity index (χ4v) is 4.74. The summed E-state index contributed by atoms with van der Waals surface area (Å²) in [5.41, 5.74) is 0.537. The summed E-state index contributed by atoms with van der Waals surface area (Å²) in [5.74, 6) is 0.353. The van der Waals surface area contributed by atoms with Gasteiger partial charge in [0.25, 0.3) is 0 Å². The molecule has 5 rings (SSSR count). The summed E-state index contributed by atoms with van der Waals surface area (Å²) < 4.78 is 19.0. The Morgan fingerprint density at radius 2 is 1.86 bits per heavy atom. The number of halogens is 2. The summed E-state index contributed by atoms with van der Waals surface area (Å²) in [6.07, 6.45) is 1.14. The second-order valence-electron chi connectivity index (χ2n) is 8.74. The van der Waals surface area contributed by atoms with Crippen LogP contribution in [0.2, 0.25) is 0 Å². The molecule has 0 saturated carbocycles. The van der Waals surface area contributed by atoms with E-state index in [0.29, 0.717) is 37.2 Å². The molecule has 0 bridgehead atoms. The fourth-order valence-electron chi connectivity index (χ4n) is 4.74. The Morgan fingerprint density at radius 1 is 1.09 bits per heavy atom. The lowest BCUT2D eigenvalue weighted by Crippen LogP contribution is -2.44. The average Bonchev–Trinajstić information content (AvgIpc) is 2.86. The normalized spacial score (nSPS) is 16.1. The van der Waals surface area contributed by atoms with Crippen molar-refractivity contribution in [3.63, 3.8) is 0 Å². The third-order valence-corrected chi connectivity index (χ3v) is 6.58. The van der Waals surface area contributed by atoms with E-state index in [4.69, 9.17) is 4.42 Å². The van der Waals surface area contributed by atoms with Gasteiger partial charge in [0.2, 0.25) is 0 Å². The Hall–Kier alpha value is -3.20. The molecule has 1 aliphatic rings. The number of pyridine rings is 1. The molecule has 2 atom stereocenters. The van der Waals surface area contributed by atoms with Crippen LogP contribution in [-0.2, 0) is 0 Å².